The van der Waals surface area contributed by atoms with E-state index in [2.05, 4.69) is 33.3 Å². The molecule has 118 valence electrons. The van der Waals surface area contributed by atoms with Crippen LogP contribution in [0.15, 0.2) is 30.3 Å². The third kappa shape index (κ3) is 2.86. The molecule has 23 heavy (non-hydrogen) atoms. The highest BCUT2D eigenvalue weighted by Gasteiger charge is 2.16. The first kappa shape index (κ1) is 14.4. The summed E-state index contributed by atoms with van der Waals surface area (Å²) in [6.07, 6.45) is 3.72. The van der Waals surface area contributed by atoms with Crippen LogP contribution in [0.25, 0.3) is 20.8 Å². The van der Waals surface area contributed by atoms with Crippen molar-refractivity contribution in [2.75, 3.05) is 25.1 Å². The van der Waals surface area contributed by atoms with Crippen LogP contribution in [0.3, 0.4) is 0 Å². The fourth-order valence-electron chi connectivity index (χ4n) is 2.86. The van der Waals surface area contributed by atoms with E-state index in [9.17, 15) is 0 Å². The maximum absolute atomic E-state index is 5.21. The molecule has 0 amide bonds. The van der Waals surface area contributed by atoms with Gasteiger partial charge in [-0.15, -0.1) is 21.5 Å². The van der Waals surface area contributed by atoms with Gasteiger partial charge in [0, 0.05) is 18.0 Å². The van der Waals surface area contributed by atoms with Gasteiger partial charge in [-0.1, -0.05) is 0 Å². The average Bonchev–Trinajstić information content (AvgIpc) is 3.06. The minimum Gasteiger partial charge on any atom is -0.497 e. The summed E-state index contributed by atoms with van der Waals surface area (Å²) >= 11 is 1.66. The standard InChI is InChI=1S/C17H18N4OS/c1-22-13-7-5-12(6-8-13)15-11-14-16(23-15)18-17(20-19-14)21-9-3-2-4-10-21/h5-8,11H,2-4,9-10H2,1H3. The molecule has 0 unspecified atom stereocenters. The zero-order valence-corrected chi connectivity index (χ0v) is 13.8. The molecule has 4 rings (SSSR count). The highest BCUT2D eigenvalue weighted by molar-refractivity contribution is 7.21. The summed E-state index contributed by atoms with van der Waals surface area (Å²) in [6, 6.07) is 10.1. The van der Waals surface area contributed by atoms with Gasteiger partial charge in [0.1, 0.15) is 16.1 Å². The lowest BCUT2D eigenvalue weighted by molar-refractivity contribution is 0.415. The number of piperidine rings is 1. The van der Waals surface area contributed by atoms with Gasteiger partial charge in [0.15, 0.2) is 0 Å². The van der Waals surface area contributed by atoms with Crippen molar-refractivity contribution in [2.45, 2.75) is 19.3 Å². The number of anilines is 1. The molecule has 1 fully saturated rings. The van der Waals surface area contributed by atoms with Crippen LogP contribution in [0.2, 0.25) is 0 Å². The summed E-state index contributed by atoms with van der Waals surface area (Å²) in [5.74, 6) is 1.63. The molecule has 0 N–H and O–H groups in total. The van der Waals surface area contributed by atoms with Crippen LogP contribution in [0.4, 0.5) is 5.95 Å². The summed E-state index contributed by atoms with van der Waals surface area (Å²) in [5.41, 5.74) is 2.01. The molecule has 0 spiro atoms. The van der Waals surface area contributed by atoms with Crippen LogP contribution in [-0.2, 0) is 0 Å². The van der Waals surface area contributed by atoms with E-state index < -0.39 is 0 Å². The van der Waals surface area contributed by atoms with Crippen LogP contribution >= 0.6 is 11.3 Å². The second-order valence-electron chi connectivity index (χ2n) is 5.69. The Morgan fingerprint density at radius 1 is 1.04 bits per heavy atom. The van der Waals surface area contributed by atoms with E-state index in [1.165, 1.54) is 19.3 Å². The topological polar surface area (TPSA) is 51.1 Å². The van der Waals surface area contributed by atoms with Gasteiger partial charge in [0.2, 0.25) is 5.95 Å². The number of rotatable bonds is 3. The molecule has 1 saturated heterocycles. The van der Waals surface area contributed by atoms with Crippen molar-refractivity contribution >= 4 is 27.6 Å². The van der Waals surface area contributed by atoms with Gasteiger partial charge >= 0.3 is 0 Å². The average molecular weight is 326 g/mol. The quantitative estimate of drug-likeness (QED) is 0.733. The minimum absolute atomic E-state index is 0.764. The van der Waals surface area contributed by atoms with Crippen molar-refractivity contribution in [1.82, 2.24) is 15.2 Å². The molecule has 0 atom stereocenters. The Hall–Kier alpha value is -2.21. The third-order valence-electron chi connectivity index (χ3n) is 4.16. The molecule has 0 radical (unpaired) electrons. The van der Waals surface area contributed by atoms with E-state index in [1.54, 1.807) is 18.4 Å². The Morgan fingerprint density at radius 3 is 2.57 bits per heavy atom. The number of hydrogen-bond acceptors (Lipinski definition) is 6. The Labute approximate surface area is 138 Å². The predicted molar refractivity (Wildman–Crippen MR) is 93.3 cm³/mol. The van der Waals surface area contributed by atoms with Gasteiger partial charge in [-0.2, -0.15) is 4.98 Å². The predicted octanol–water partition coefficient (Wildman–Crippen LogP) is 3.75. The number of methoxy groups -OCH3 is 1. The molecule has 0 bridgehead atoms. The Morgan fingerprint density at radius 2 is 1.83 bits per heavy atom. The van der Waals surface area contributed by atoms with Gasteiger partial charge in [0.05, 0.1) is 7.11 Å². The molecule has 5 nitrogen and oxygen atoms in total. The summed E-state index contributed by atoms with van der Waals surface area (Å²) in [4.78, 5) is 9.07. The van der Waals surface area contributed by atoms with Crippen molar-refractivity contribution in [3.8, 4) is 16.2 Å². The van der Waals surface area contributed by atoms with E-state index in [0.29, 0.717) is 0 Å². The maximum atomic E-state index is 5.21. The van der Waals surface area contributed by atoms with Gasteiger partial charge in [-0.3, -0.25) is 0 Å². The summed E-state index contributed by atoms with van der Waals surface area (Å²) in [5, 5.41) is 8.68. The molecule has 3 heterocycles. The Bertz CT molecular complexity index is 809. The van der Waals surface area contributed by atoms with Gasteiger partial charge in [-0.05, 0) is 55.2 Å². The highest BCUT2D eigenvalue weighted by Crippen LogP contribution is 2.33. The lowest BCUT2D eigenvalue weighted by Gasteiger charge is -2.25. The second-order valence-corrected chi connectivity index (χ2v) is 6.72. The number of fused-ring (bicyclic) bond motifs is 1. The van der Waals surface area contributed by atoms with E-state index in [-0.39, 0.29) is 0 Å². The van der Waals surface area contributed by atoms with E-state index in [4.69, 9.17) is 9.72 Å². The van der Waals surface area contributed by atoms with Crippen LogP contribution in [0.1, 0.15) is 19.3 Å². The number of benzene rings is 1. The number of nitrogens with zero attached hydrogens (tertiary/aromatic N) is 4. The zero-order chi connectivity index (χ0) is 15.6. The molecule has 1 aliphatic rings. The lowest BCUT2D eigenvalue weighted by atomic mass is 10.1. The fraction of sp³-hybridized carbons (Fsp3) is 0.353. The van der Waals surface area contributed by atoms with E-state index >= 15 is 0 Å². The van der Waals surface area contributed by atoms with Crippen molar-refractivity contribution < 1.29 is 4.74 Å². The van der Waals surface area contributed by atoms with Crippen LogP contribution in [0, 0.1) is 0 Å². The van der Waals surface area contributed by atoms with Crippen LogP contribution in [0.5, 0.6) is 5.75 Å². The SMILES string of the molecule is COc1ccc(-c2cc3nnc(N4CCCCC4)nc3s2)cc1. The van der Waals surface area contributed by atoms with E-state index in [0.717, 1.165) is 45.6 Å². The summed E-state index contributed by atoms with van der Waals surface area (Å²) in [7, 11) is 1.68. The first-order chi connectivity index (χ1) is 11.3. The van der Waals surface area contributed by atoms with Crippen LogP contribution in [-0.4, -0.2) is 35.4 Å². The molecule has 0 aliphatic carbocycles. The summed E-state index contributed by atoms with van der Waals surface area (Å²) in [6.45, 7) is 2.06. The zero-order valence-electron chi connectivity index (χ0n) is 13.0. The van der Waals surface area contributed by atoms with Gasteiger partial charge in [0.25, 0.3) is 0 Å². The smallest absolute Gasteiger partial charge is 0.246 e. The van der Waals surface area contributed by atoms with Crippen molar-refractivity contribution in [1.29, 1.82) is 0 Å². The normalized spacial score (nSPS) is 15.1. The van der Waals surface area contributed by atoms with Crippen LogP contribution < -0.4 is 9.64 Å². The largest absolute Gasteiger partial charge is 0.497 e. The molecular formula is C17H18N4OS. The van der Waals surface area contributed by atoms with Gasteiger partial charge < -0.3 is 9.64 Å². The highest BCUT2D eigenvalue weighted by atomic mass is 32.1. The molecule has 2 aromatic heterocycles. The molecule has 1 aromatic carbocycles. The van der Waals surface area contributed by atoms with Crippen molar-refractivity contribution in [2.24, 2.45) is 0 Å². The third-order valence-corrected chi connectivity index (χ3v) is 5.22. The lowest BCUT2D eigenvalue weighted by Crippen LogP contribution is -2.31. The van der Waals surface area contributed by atoms with Gasteiger partial charge in [-0.25, -0.2) is 0 Å². The number of aromatic nitrogens is 3. The molecule has 3 aromatic rings. The number of hydrogen-bond donors (Lipinski definition) is 0. The molecular weight excluding hydrogens is 308 g/mol. The number of ether oxygens (including phenoxy) is 1. The second kappa shape index (κ2) is 6.12. The monoisotopic (exact) mass is 326 g/mol. The maximum Gasteiger partial charge on any atom is 0.246 e. The molecule has 1 aliphatic heterocycles. The van der Waals surface area contributed by atoms with Crippen molar-refractivity contribution in [3.63, 3.8) is 0 Å². The minimum atomic E-state index is 0.764. The van der Waals surface area contributed by atoms with E-state index in [1.807, 2.05) is 12.1 Å². The molecule has 0 saturated carbocycles. The number of thiophene rings is 1. The van der Waals surface area contributed by atoms with Crippen molar-refractivity contribution in [3.05, 3.63) is 30.3 Å². The Balaban J connectivity index is 1.66. The molecule has 6 heteroatoms. The first-order valence-electron chi connectivity index (χ1n) is 7.87. The Kier molecular flexibility index (Phi) is 3.83. The fourth-order valence-corrected chi connectivity index (χ4v) is 3.83. The first-order valence-corrected chi connectivity index (χ1v) is 8.69. The summed E-state index contributed by atoms with van der Waals surface area (Å²) < 4.78 is 5.21.